The molecule has 0 radical (unpaired) electrons. The number of nitrogens with one attached hydrogen (secondary N) is 2. The average molecular weight is 315 g/mol. The summed E-state index contributed by atoms with van der Waals surface area (Å²) >= 11 is 0. The van der Waals surface area contributed by atoms with Crippen molar-refractivity contribution in [1.29, 1.82) is 0 Å². The van der Waals surface area contributed by atoms with Crippen molar-refractivity contribution in [2.24, 2.45) is 0 Å². The third-order valence-corrected chi connectivity index (χ3v) is 3.89. The zero-order valence-electron chi connectivity index (χ0n) is 12.7. The number of ether oxygens (including phenoxy) is 2. The number of halogens is 1. The summed E-state index contributed by atoms with van der Waals surface area (Å²) in [6.45, 7) is 2.92. The molecule has 1 atom stereocenters. The van der Waals surface area contributed by atoms with Crippen LogP contribution >= 0.6 is 12.4 Å². The Hall–Kier alpha value is -1.46. The van der Waals surface area contributed by atoms with Crippen molar-refractivity contribution >= 4 is 24.0 Å². The standard InChI is InChI=1S/C15H22N2O3.ClH/c1-4-15(6-5-7-16-15)14(18)17-11-8-12(19-2)10-13(9-11)20-3;/h8-10,16H,4-7H2,1-3H3,(H,17,18);1H. The first-order valence-corrected chi connectivity index (χ1v) is 6.93. The van der Waals surface area contributed by atoms with Crippen LogP contribution in [0.25, 0.3) is 0 Å². The van der Waals surface area contributed by atoms with Crippen LogP contribution in [0.5, 0.6) is 11.5 Å². The van der Waals surface area contributed by atoms with Crippen molar-refractivity contribution in [1.82, 2.24) is 5.32 Å². The fraction of sp³-hybridized carbons (Fsp3) is 0.533. The van der Waals surface area contributed by atoms with Crippen LogP contribution in [0, 0.1) is 0 Å². The number of carbonyl (C=O) groups is 1. The summed E-state index contributed by atoms with van der Waals surface area (Å²) in [6, 6.07) is 5.36. The smallest absolute Gasteiger partial charge is 0.244 e. The maximum atomic E-state index is 12.5. The zero-order chi connectivity index (χ0) is 14.6. The van der Waals surface area contributed by atoms with Gasteiger partial charge in [-0.1, -0.05) is 6.92 Å². The number of methoxy groups -OCH3 is 2. The van der Waals surface area contributed by atoms with E-state index in [1.54, 1.807) is 32.4 Å². The molecule has 21 heavy (non-hydrogen) atoms. The van der Waals surface area contributed by atoms with E-state index in [1.807, 2.05) is 6.92 Å². The van der Waals surface area contributed by atoms with Crippen LogP contribution in [-0.2, 0) is 4.79 Å². The lowest BCUT2D eigenvalue weighted by Gasteiger charge is -2.26. The summed E-state index contributed by atoms with van der Waals surface area (Å²) < 4.78 is 10.4. The highest BCUT2D eigenvalue weighted by molar-refractivity contribution is 5.98. The first-order chi connectivity index (χ1) is 9.63. The molecule has 1 saturated heterocycles. The Bertz CT molecular complexity index is 466. The van der Waals surface area contributed by atoms with Gasteiger partial charge in [0.15, 0.2) is 0 Å². The molecule has 1 aromatic carbocycles. The molecule has 0 bridgehead atoms. The Balaban J connectivity index is 0.00000220. The van der Waals surface area contributed by atoms with E-state index in [9.17, 15) is 4.79 Å². The number of hydrogen-bond acceptors (Lipinski definition) is 4. The topological polar surface area (TPSA) is 59.6 Å². The second-order valence-corrected chi connectivity index (χ2v) is 5.02. The number of amides is 1. The first kappa shape index (κ1) is 17.6. The largest absolute Gasteiger partial charge is 0.497 e. The van der Waals surface area contributed by atoms with Gasteiger partial charge in [-0.15, -0.1) is 12.4 Å². The fourth-order valence-corrected chi connectivity index (χ4v) is 2.59. The highest BCUT2D eigenvalue weighted by atomic mass is 35.5. The molecule has 1 heterocycles. The van der Waals surface area contributed by atoms with Crippen molar-refractivity contribution in [3.8, 4) is 11.5 Å². The van der Waals surface area contributed by atoms with Crippen LogP contribution in [0.4, 0.5) is 5.69 Å². The molecule has 2 rings (SSSR count). The zero-order valence-corrected chi connectivity index (χ0v) is 13.5. The summed E-state index contributed by atoms with van der Waals surface area (Å²) in [4.78, 5) is 12.5. The van der Waals surface area contributed by atoms with Gasteiger partial charge in [-0.05, 0) is 25.8 Å². The molecule has 6 heteroatoms. The van der Waals surface area contributed by atoms with E-state index in [-0.39, 0.29) is 18.3 Å². The molecule has 0 spiro atoms. The molecule has 1 unspecified atom stereocenters. The molecular weight excluding hydrogens is 292 g/mol. The summed E-state index contributed by atoms with van der Waals surface area (Å²) in [7, 11) is 3.18. The van der Waals surface area contributed by atoms with Crippen LogP contribution in [0.2, 0.25) is 0 Å². The number of carbonyl (C=O) groups excluding carboxylic acids is 1. The molecule has 1 aliphatic rings. The lowest BCUT2D eigenvalue weighted by atomic mass is 9.93. The van der Waals surface area contributed by atoms with E-state index in [4.69, 9.17) is 9.47 Å². The van der Waals surface area contributed by atoms with Gasteiger partial charge in [0.05, 0.1) is 19.8 Å². The Morgan fingerprint density at radius 1 is 1.29 bits per heavy atom. The van der Waals surface area contributed by atoms with Gasteiger partial charge in [0.2, 0.25) is 5.91 Å². The van der Waals surface area contributed by atoms with E-state index in [0.717, 1.165) is 25.8 Å². The second kappa shape index (κ2) is 7.52. The average Bonchev–Trinajstić information content (AvgIpc) is 2.97. The lowest BCUT2D eigenvalue weighted by Crippen LogP contribution is -2.50. The molecule has 0 saturated carbocycles. The monoisotopic (exact) mass is 314 g/mol. The lowest BCUT2D eigenvalue weighted by molar-refractivity contribution is -0.122. The number of hydrogen-bond donors (Lipinski definition) is 2. The minimum atomic E-state index is -0.448. The molecule has 1 amide bonds. The molecule has 5 nitrogen and oxygen atoms in total. The van der Waals surface area contributed by atoms with Crippen molar-refractivity contribution in [2.45, 2.75) is 31.7 Å². The minimum Gasteiger partial charge on any atom is -0.497 e. The highest BCUT2D eigenvalue weighted by Crippen LogP contribution is 2.29. The van der Waals surface area contributed by atoms with Gasteiger partial charge in [0.25, 0.3) is 0 Å². The van der Waals surface area contributed by atoms with E-state index in [0.29, 0.717) is 17.2 Å². The second-order valence-electron chi connectivity index (χ2n) is 5.02. The number of benzene rings is 1. The highest BCUT2D eigenvalue weighted by Gasteiger charge is 2.39. The van der Waals surface area contributed by atoms with Gasteiger partial charge in [-0.25, -0.2) is 0 Å². The summed E-state index contributed by atoms with van der Waals surface area (Å²) in [6.07, 6.45) is 2.68. The molecule has 0 aromatic heterocycles. The quantitative estimate of drug-likeness (QED) is 0.877. The van der Waals surface area contributed by atoms with Gasteiger partial charge < -0.3 is 20.1 Å². The third kappa shape index (κ3) is 3.80. The van der Waals surface area contributed by atoms with Crippen LogP contribution in [0.15, 0.2) is 18.2 Å². The van der Waals surface area contributed by atoms with E-state index in [2.05, 4.69) is 10.6 Å². The Morgan fingerprint density at radius 3 is 2.33 bits per heavy atom. The molecular formula is C15H23ClN2O3. The number of anilines is 1. The van der Waals surface area contributed by atoms with Gasteiger partial charge in [-0.3, -0.25) is 4.79 Å². The van der Waals surface area contributed by atoms with Crippen molar-refractivity contribution in [3.05, 3.63) is 18.2 Å². The Morgan fingerprint density at radius 2 is 1.90 bits per heavy atom. The molecule has 1 fully saturated rings. The van der Waals surface area contributed by atoms with E-state index >= 15 is 0 Å². The summed E-state index contributed by atoms with van der Waals surface area (Å²) in [5.41, 5.74) is 0.240. The first-order valence-electron chi connectivity index (χ1n) is 6.93. The maximum absolute atomic E-state index is 12.5. The third-order valence-electron chi connectivity index (χ3n) is 3.89. The minimum absolute atomic E-state index is 0. The Labute approximate surface area is 131 Å². The van der Waals surface area contributed by atoms with Crippen LogP contribution in [0.3, 0.4) is 0 Å². The van der Waals surface area contributed by atoms with Crippen LogP contribution in [0.1, 0.15) is 26.2 Å². The molecule has 1 aliphatic heterocycles. The fourth-order valence-electron chi connectivity index (χ4n) is 2.59. The normalized spacial score (nSPS) is 20.5. The summed E-state index contributed by atoms with van der Waals surface area (Å²) in [5.74, 6) is 1.32. The summed E-state index contributed by atoms with van der Waals surface area (Å²) in [5, 5.41) is 6.29. The van der Waals surface area contributed by atoms with Gasteiger partial charge in [0, 0.05) is 23.9 Å². The number of rotatable bonds is 5. The molecule has 118 valence electrons. The van der Waals surface area contributed by atoms with Crippen molar-refractivity contribution in [2.75, 3.05) is 26.1 Å². The molecule has 0 aliphatic carbocycles. The van der Waals surface area contributed by atoms with Crippen molar-refractivity contribution < 1.29 is 14.3 Å². The SMILES string of the molecule is CCC1(C(=O)Nc2cc(OC)cc(OC)c2)CCCN1.Cl. The maximum Gasteiger partial charge on any atom is 0.244 e. The van der Waals surface area contributed by atoms with Crippen molar-refractivity contribution in [3.63, 3.8) is 0 Å². The van der Waals surface area contributed by atoms with Gasteiger partial charge in [0.1, 0.15) is 11.5 Å². The molecule has 1 aromatic rings. The van der Waals surface area contributed by atoms with Crippen LogP contribution < -0.4 is 20.1 Å². The molecule has 2 N–H and O–H groups in total. The predicted molar refractivity (Wildman–Crippen MR) is 85.7 cm³/mol. The van der Waals surface area contributed by atoms with Gasteiger partial charge >= 0.3 is 0 Å². The predicted octanol–water partition coefficient (Wildman–Crippen LogP) is 2.60. The van der Waals surface area contributed by atoms with E-state index < -0.39 is 5.54 Å². The van der Waals surface area contributed by atoms with Crippen LogP contribution in [-0.4, -0.2) is 32.2 Å². The Kier molecular flexibility index (Phi) is 6.30. The van der Waals surface area contributed by atoms with E-state index in [1.165, 1.54) is 0 Å². The van der Waals surface area contributed by atoms with Gasteiger partial charge in [-0.2, -0.15) is 0 Å².